The Morgan fingerprint density at radius 2 is 1.81 bits per heavy atom. The van der Waals surface area contributed by atoms with E-state index in [1.54, 1.807) is 17.9 Å². The molecule has 9 nitrogen and oxygen atoms in total. The number of fused-ring (bicyclic) bond motifs is 1. The monoisotopic (exact) mass is 510 g/mol. The van der Waals surface area contributed by atoms with E-state index in [2.05, 4.69) is 10.3 Å². The summed E-state index contributed by atoms with van der Waals surface area (Å²) in [5.74, 6) is 0.336. The molecule has 1 aromatic carbocycles. The molecule has 3 aromatic rings. The van der Waals surface area contributed by atoms with Gasteiger partial charge < -0.3 is 24.3 Å². The zero-order valence-corrected chi connectivity index (χ0v) is 21.1. The molecule has 0 aliphatic carbocycles. The van der Waals surface area contributed by atoms with Crippen LogP contribution in [-0.2, 0) is 4.74 Å². The van der Waals surface area contributed by atoms with Crippen molar-refractivity contribution in [3.8, 4) is 0 Å². The lowest BCUT2D eigenvalue weighted by atomic mass is 9.97. The lowest BCUT2D eigenvalue weighted by molar-refractivity contribution is 0.0683. The number of thiazole rings is 1. The number of piperidine rings is 2. The Morgan fingerprint density at radius 1 is 1.08 bits per heavy atom. The predicted octanol–water partition coefficient (Wildman–Crippen LogP) is 4.26. The third-order valence-corrected chi connectivity index (χ3v) is 7.89. The second-order valence-corrected chi connectivity index (χ2v) is 10.1. The summed E-state index contributed by atoms with van der Waals surface area (Å²) in [6.07, 6.45) is 2.69. The maximum Gasteiger partial charge on any atom is 0.409 e. The first-order chi connectivity index (χ1) is 17.5. The van der Waals surface area contributed by atoms with Gasteiger partial charge in [-0.25, -0.2) is 9.78 Å². The SMILES string of the molecule is CCOC(=O)N1CCC(NC(=O)c2csc(C3CCN(C(=O)c4cc5ccccc5o4)CC3)n2)CC1. The van der Waals surface area contributed by atoms with Crippen LogP contribution in [0, 0.1) is 0 Å². The van der Waals surface area contributed by atoms with Crippen molar-refractivity contribution in [2.75, 3.05) is 32.8 Å². The summed E-state index contributed by atoms with van der Waals surface area (Å²) in [6.45, 7) is 4.53. The smallest absolute Gasteiger partial charge is 0.409 e. The summed E-state index contributed by atoms with van der Waals surface area (Å²) in [7, 11) is 0. The first-order valence-electron chi connectivity index (χ1n) is 12.5. The molecule has 2 fully saturated rings. The maximum absolute atomic E-state index is 12.9. The molecule has 190 valence electrons. The molecular weight excluding hydrogens is 480 g/mol. The number of ether oxygens (including phenoxy) is 1. The van der Waals surface area contributed by atoms with Crippen LogP contribution in [0.2, 0.25) is 0 Å². The molecule has 0 saturated carbocycles. The number of rotatable bonds is 5. The number of hydrogen-bond donors (Lipinski definition) is 1. The van der Waals surface area contributed by atoms with E-state index in [-0.39, 0.29) is 29.9 Å². The van der Waals surface area contributed by atoms with Crippen molar-refractivity contribution in [1.82, 2.24) is 20.1 Å². The van der Waals surface area contributed by atoms with Crippen LogP contribution in [0.1, 0.15) is 64.6 Å². The number of benzene rings is 1. The number of para-hydroxylation sites is 1. The molecule has 5 rings (SSSR count). The van der Waals surface area contributed by atoms with Gasteiger partial charge in [0.1, 0.15) is 11.3 Å². The van der Waals surface area contributed by atoms with Crippen molar-refractivity contribution in [3.05, 3.63) is 52.2 Å². The van der Waals surface area contributed by atoms with E-state index in [0.29, 0.717) is 62.7 Å². The Hall–Kier alpha value is -3.40. The molecule has 10 heteroatoms. The van der Waals surface area contributed by atoms with Gasteiger partial charge in [0.05, 0.1) is 11.6 Å². The first-order valence-corrected chi connectivity index (χ1v) is 13.4. The Morgan fingerprint density at radius 3 is 2.53 bits per heavy atom. The molecule has 2 aliphatic heterocycles. The lowest BCUT2D eigenvalue weighted by Gasteiger charge is -2.31. The van der Waals surface area contributed by atoms with Crippen LogP contribution >= 0.6 is 11.3 Å². The van der Waals surface area contributed by atoms with Gasteiger partial charge in [-0.3, -0.25) is 9.59 Å². The average Bonchev–Trinajstić information content (AvgIpc) is 3.57. The van der Waals surface area contributed by atoms with Crippen molar-refractivity contribution in [1.29, 1.82) is 0 Å². The number of aromatic nitrogens is 1. The zero-order chi connectivity index (χ0) is 25.1. The molecule has 36 heavy (non-hydrogen) atoms. The Bertz CT molecular complexity index is 1200. The second-order valence-electron chi connectivity index (χ2n) is 9.22. The van der Waals surface area contributed by atoms with E-state index in [4.69, 9.17) is 9.15 Å². The molecular formula is C26H30N4O5S. The fourth-order valence-electron chi connectivity index (χ4n) is 4.83. The van der Waals surface area contributed by atoms with E-state index in [1.807, 2.05) is 34.5 Å². The van der Waals surface area contributed by atoms with Gasteiger partial charge in [-0.2, -0.15) is 0 Å². The molecule has 4 heterocycles. The van der Waals surface area contributed by atoms with Crippen LogP contribution in [-0.4, -0.2) is 71.5 Å². The van der Waals surface area contributed by atoms with Crippen molar-refractivity contribution in [2.45, 2.75) is 44.6 Å². The summed E-state index contributed by atoms with van der Waals surface area (Å²) in [5.41, 5.74) is 1.15. The highest BCUT2D eigenvalue weighted by Gasteiger charge is 2.29. The second kappa shape index (κ2) is 10.7. The molecule has 1 N–H and O–H groups in total. The van der Waals surface area contributed by atoms with Gasteiger partial charge in [0, 0.05) is 48.9 Å². The molecule has 3 amide bonds. The largest absolute Gasteiger partial charge is 0.451 e. The van der Waals surface area contributed by atoms with Crippen LogP contribution < -0.4 is 5.32 Å². The van der Waals surface area contributed by atoms with Gasteiger partial charge in [-0.15, -0.1) is 11.3 Å². The summed E-state index contributed by atoms with van der Waals surface area (Å²) < 4.78 is 10.8. The molecule has 0 spiro atoms. The van der Waals surface area contributed by atoms with Gasteiger partial charge in [0.25, 0.3) is 11.8 Å². The molecule has 0 radical (unpaired) electrons. The van der Waals surface area contributed by atoms with Crippen LogP contribution in [0.3, 0.4) is 0 Å². The highest BCUT2D eigenvalue weighted by molar-refractivity contribution is 7.09. The number of carbonyl (C=O) groups is 3. The maximum atomic E-state index is 12.9. The van der Waals surface area contributed by atoms with Crippen molar-refractivity contribution >= 4 is 40.2 Å². The minimum absolute atomic E-state index is 0.0147. The standard InChI is InChI=1S/C26H30N4O5S/c1-2-34-26(33)30-13-9-19(10-14-30)27-23(31)20-16-36-24(28-20)17-7-11-29(12-8-17)25(32)22-15-18-5-3-4-6-21(18)35-22/h3-6,15-17,19H,2,7-14H2,1H3,(H,27,31). The number of hydrogen-bond acceptors (Lipinski definition) is 7. The number of likely N-dealkylation sites (tertiary alicyclic amines) is 2. The quantitative estimate of drug-likeness (QED) is 0.550. The number of carbonyl (C=O) groups excluding carboxylic acids is 3. The molecule has 2 saturated heterocycles. The van der Waals surface area contributed by atoms with Crippen LogP contribution in [0.5, 0.6) is 0 Å². The highest BCUT2D eigenvalue weighted by Crippen LogP contribution is 2.31. The average molecular weight is 511 g/mol. The zero-order valence-electron chi connectivity index (χ0n) is 20.3. The molecule has 0 atom stereocenters. The van der Waals surface area contributed by atoms with Gasteiger partial charge in [0.2, 0.25) is 0 Å². The van der Waals surface area contributed by atoms with E-state index < -0.39 is 0 Å². The summed E-state index contributed by atoms with van der Waals surface area (Å²) in [4.78, 5) is 45.7. The van der Waals surface area contributed by atoms with Crippen molar-refractivity contribution < 1.29 is 23.5 Å². The fourth-order valence-corrected chi connectivity index (χ4v) is 5.80. The Kier molecular flexibility index (Phi) is 7.22. The van der Waals surface area contributed by atoms with Crippen molar-refractivity contribution in [3.63, 3.8) is 0 Å². The van der Waals surface area contributed by atoms with Crippen LogP contribution in [0.25, 0.3) is 11.0 Å². The minimum Gasteiger partial charge on any atom is -0.451 e. The van der Waals surface area contributed by atoms with E-state index in [0.717, 1.165) is 23.2 Å². The van der Waals surface area contributed by atoms with Gasteiger partial charge in [-0.1, -0.05) is 18.2 Å². The minimum atomic E-state index is -0.295. The van der Waals surface area contributed by atoms with E-state index in [1.165, 1.54) is 11.3 Å². The van der Waals surface area contributed by atoms with Crippen LogP contribution in [0.4, 0.5) is 4.79 Å². The normalized spacial score (nSPS) is 17.4. The van der Waals surface area contributed by atoms with Gasteiger partial charge in [0.15, 0.2) is 5.76 Å². The Balaban J connectivity index is 1.11. The summed E-state index contributed by atoms with van der Waals surface area (Å²) in [5, 5.41) is 6.73. The topological polar surface area (TPSA) is 105 Å². The molecule has 2 aromatic heterocycles. The van der Waals surface area contributed by atoms with E-state index in [9.17, 15) is 14.4 Å². The number of nitrogens with zero attached hydrogens (tertiary/aromatic N) is 3. The Labute approximate surface area is 213 Å². The van der Waals surface area contributed by atoms with Crippen LogP contribution in [0.15, 0.2) is 40.1 Å². The number of nitrogens with one attached hydrogen (secondary N) is 1. The van der Waals surface area contributed by atoms with Gasteiger partial charge in [-0.05, 0) is 44.7 Å². The lowest BCUT2D eigenvalue weighted by Crippen LogP contribution is -2.46. The predicted molar refractivity (Wildman–Crippen MR) is 135 cm³/mol. The highest BCUT2D eigenvalue weighted by atomic mass is 32.1. The third-order valence-electron chi connectivity index (χ3n) is 6.88. The molecule has 0 unspecified atom stereocenters. The van der Waals surface area contributed by atoms with Gasteiger partial charge >= 0.3 is 6.09 Å². The summed E-state index contributed by atoms with van der Waals surface area (Å²) in [6, 6.07) is 9.43. The third kappa shape index (κ3) is 5.23. The first kappa shape index (κ1) is 24.3. The number of furan rings is 1. The summed E-state index contributed by atoms with van der Waals surface area (Å²) >= 11 is 1.50. The van der Waals surface area contributed by atoms with E-state index >= 15 is 0 Å². The fraction of sp³-hybridized carbons (Fsp3) is 0.462. The van der Waals surface area contributed by atoms with Crippen molar-refractivity contribution in [2.24, 2.45) is 0 Å². The number of amides is 3. The molecule has 2 aliphatic rings. The molecule has 0 bridgehead atoms.